The van der Waals surface area contributed by atoms with Crippen molar-refractivity contribution in [3.05, 3.63) is 0 Å². The van der Waals surface area contributed by atoms with Gasteiger partial charge in [-0.3, -0.25) is 37.3 Å². The summed E-state index contributed by atoms with van der Waals surface area (Å²) in [6.07, 6.45) is 37.8. The molecule has 0 rings (SSSR count). The van der Waals surface area contributed by atoms with Crippen molar-refractivity contribution in [3.63, 3.8) is 0 Å². The zero-order valence-electron chi connectivity index (χ0n) is 52.8. The Morgan fingerprint density at radius 2 is 0.561 bits per heavy atom. The van der Waals surface area contributed by atoms with Crippen molar-refractivity contribution in [2.45, 2.75) is 330 Å². The van der Waals surface area contributed by atoms with Crippen molar-refractivity contribution in [2.24, 2.45) is 11.8 Å². The van der Waals surface area contributed by atoms with Crippen LogP contribution in [0.1, 0.15) is 311 Å². The Hall–Kier alpha value is -1.94. The molecule has 2 unspecified atom stereocenters. The Bertz CT molecular complexity index is 1620. The summed E-state index contributed by atoms with van der Waals surface area (Å²) in [5.74, 6) is -0.667. The van der Waals surface area contributed by atoms with E-state index >= 15 is 0 Å². The highest BCUT2D eigenvalue weighted by Gasteiger charge is 2.30. The van der Waals surface area contributed by atoms with E-state index in [0.717, 1.165) is 115 Å². The number of hydrogen-bond acceptors (Lipinski definition) is 15. The van der Waals surface area contributed by atoms with Crippen molar-refractivity contribution in [1.29, 1.82) is 0 Å². The molecule has 0 heterocycles. The van der Waals surface area contributed by atoms with Crippen LogP contribution >= 0.6 is 15.6 Å². The Kier molecular flexibility index (Phi) is 54.3. The van der Waals surface area contributed by atoms with E-state index in [9.17, 15) is 43.2 Å². The topological polar surface area (TPSA) is 237 Å². The monoisotopic (exact) mass is 1210 g/mol. The first kappa shape index (κ1) is 80.1. The van der Waals surface area contributed by atoms with Gasteiger partial charge >= 0.3 is 39.5 Å². The van der Waals surface area contributed by atoms with Crippen LogP contribution < -0.4 is 0 Å². The molecule has 0 aromatic carbocycles. The van der Waals surface area contributed by atoms with E-state index < -0.39 is 97.5 Å². The van der Waals surface area contributed by atoms with E-state index in [1.807, 2.05) is 0 Å². The van der Waals surface area contributed by atoms with Crippen LogP contribution in [-0.4, -0.2) is 96.7 Å². The van der Waals surface area contributed by atoms with E-state index in [1.165, 1.54) is 109 Å². The molecule has 17 nitrogen and oxygen atoms in total. The number of esters is 4. The minimum absolute atomic E-state index is 0.104. The largest absolute Gasteiger partial charge is 0.472 e. The molecule has 19 heteroatoms. The zero-order chi connectivity index (χ0) is 60.8. The lowest BCUT2D eigenvalue weighted by Crippen LogP contribution is -2.30. The molecule has 5 atom stereocenters. The molecule has 0 spiro atoms. The summed E-state index contributed by atoms with van der Waals surface area (Å²) in [5, 5.41) is 10.5. The first-order chi connectivity index (χ1) is 39.4. The quantitative estimate of drug-likeness (QED) is 0.0222. The SMILES string of the molecule is CCCCCCCCCCC(=O)OC[C@H](COP(=O)(O)OC[C@H](O)COP(=O)(O)OC[C@@H](COC(=O)CCCCCCCCC(C)C)OC(=O)CCCCCCCCCCCCCCCCC(C)C)OC(=O)CCCCCCCCCC. The maximum atomic E-state index is 13.0. The van der Waals surface area contributed by atoms with Gasteiger partial charge in [0.15, 0.2) is 12.2 Å². The number of hydrogen-bond donors (Lipinski definition) is 3. The fourth-order valence-corrected chi connectivity index (χ4v) is 10.9. The van der Waals surface area contributed by atoms with Crippen molar-refractivity contribution in [3.8, 4) is 0 Å². The first-order valence-corrected chi connectivity index (χ1v) is 36.0. The van der Waals surface area contributed by atoms with Gasteiger partial charge in [-0.05, 0) is 37.5 Å². The maximum Gasteiger partial charge on any atom is 0.472 e. The number of unbranched alkanes of at least 4 members (excludes halogenated alkanes) is 32. The van der Waals surface area contributed by atoms with Crippen LogP contribution in [0.5, 0.6) is 0 Å². The molecule has 0 saturated heterocycles. The Balaban J connectivity index is 5.16. The number of carbonyl (C=O) groups excluding carboxylic acids is 4. The van der Waals surface area contributed by atoms with Gasteiger partial charge in [-0.2, -0.15) is 0 Å². The molecule has 0 aliphatic rings. The van der Waals surface area contributed by atoms with E-state index in [1.54, 1.807) is 0 Å². The smallest absolute Gasteiger partial charge is 0.462 e. The number of phosphoric ester groups is 2. The molecular formula is C63H122O17P2. The van der Waals surface area contributed by atoms with Crippen molar-refractivity contribution in [1.82, 2.24) is 0 Å². The Labute approximate surface area is 498 Å². The maximum absolute atomic E-state index is 13.0. The van der Waals surface area contributed by atoms with Crippen molar-refractivity contribution in [2.75, 3.05) is 39.6 Å². The van der Waals surface area contributed by atoms with Crippen LogP contribution in [-0.2, 0) is 65.4 Å². The van der Waals surface area contributed by atoms with Crippen LogP contribution in [0.25, 0.3) is 0 Å². The third-order valence-corrected chi connectivity index (χ3v) is 16.4. The van der Waals surface area contributed by atoms with Crippen molar-refractivity contribution >= 4 is 39.5 Å². The van der Waals surface area contributed by atoms with Crippen LogP contribution in [0.15, 0.2) is 0 Å². The molecule has 0 radical (unpaired) electrons. The van der Waals surface area contributed by atoms with Gasteiger partial charge in [-0.25, -0.2) is 9.13 Å². The van der Waals surface area contributed by atoms with Gasteiger partial charge in [0.2, 0.25) is 0 Å². The van der Waals surface area contributed by atoms with Gasteiger partial charge in [-0.1, -0.05) is 260 Å². The number of phosphoric acid groups is 2. The second-order valence-electron chi connectivity index (χ2n) is 23.7. The summed E-state index contributed by atoms with van der Waals surface area (Å²) < 4.78 is 67.8. The number of aliphatic hydroxyl groups is 1. The van der Waals surface area contributed by atoms with Gasteiger partial charge in [0.05, 0.1) is 26.4 Å². The van der Waals surface area contributed by atoms with Gasteiger partial charge in [0.1, 0.15) is 19.3 Å². The third-order valence-electron chi connectivity index (χ3n) is 14.5. The normalized spacial score (nSPS) is 14.3. The van der Waals surface area contributed by atoms with Crippen LogP contribution in [0.2, 0.25) is 0 Å². The van der Waals surface area contributed by atoms with Crippen LogP contribution in [0.3, 0.4) is 0 Å². The third kappa shape index (κ3) is 57.2. The predicted octanol–water partition coefficient (Wildman–Crippen LogP) is 17.3. The lowest BCUT2D eigenvalue weighted by atomic mass is 10.0. The number of rotatable bonds is 62. The highest BCUT2D eigenvalue weighted by atomic mass is 31.2. The summed E-state index contributed by atoms with van der Waals surface area (Å²) in [6.45, 7) is 9.37. The highest BCUT2D eigenvalue weighted by Crippen LogP contribution is 2.45. The molecular weight excluding hydrogens is 1090 g/mol. The van der Waals surface area contributed by atoms with Crippen LogP contribution in [0.4, 0.5) is 0 Å². The zero-order valence-corrected chi connectivity index (χ0v) is 54.6. The lowest BCUT2D eigenvalue weighted by molar-refractivity contribution is -0.161. The summed E-state index contributed by atoms with van der Waals surface area (Å²) in [6, 6.07) is 0. The number of carbonyl (C=O) groups is 4. The highest BCUT2D eigenvalue weighted by molar-refractivity contribution is 7.47. The average Bonchev–Trinajstić information content (AvgIpc) is 3.45. The fourth-order valence-electron chi connectivity index (χ4n) is 9.35. The van der Waals surface area contributed by atoms with E-state index in [-0.39, 0.29) is 25.7 Å². The second-order valence-corrected chi connectivity index (χ2v) is 26.7. The molecule has 0 aliphatic carbocycles. The van der Waals surface area contributed by atoms with Gasteiger partial charge in [-0.15, -0.1) is 0 Å². The molecule has 0 aromatic rings. The first-order valence-electron chi connectivity index (χ1n) is 33.0. The standard InChI is InChI=1S/C63H122O17P2/c1-7-9-11-13-15-26-33-39-45-60(65)73-51-58(79-62(67)47-41-35-27-16-14-12-10-8-2)53-77-81(69,70)75-49-57(64)50-76-82(71,72)78-54-59(52-74-61(66)46-40-34-30-29-32-38-44-56(5)6)80-63(68)48-42-36-28-24-22-20-18-17-19-21-23-25-31-37-43-55(3)4/h55-59,64H,7-54H2,1-6H3,(H,69,70)(H,71,72)/t57-,58+,59+/m0/s1. The second kappa shape index (κ2) is 55.6. The molecule has 0 amide bonds. The average molecular weight is 1210 g/mol. The molecule has 3 N–H and O–H groups in total. The molecule has 0 aliphatic heterocycles. The molecule has 0 saturated carbocycles. The minimum atomic E-state index is -4.94. The summed E-state index contributed by atoms with van der Waals surface area (Å²) in [4.78, 5) is 72.0. The predicted molar refractivity (Wildman–Crippen MR) is 326 cm³/mol. The Morgan fingerprint density at radius 3 is 0.829 bits per heavy atom. The molecule has 486 valence electrons. The van der Waals surface area contributed by atoms with Gasteiger partial charge in [0.25, 0.3) is 0 Å². The minimum Gasteiger partial charge on any atom is -0.462 e. The Morgan fingerprint density at radius 1 is 0.329 bits per heavy atom. The number of aliphatic hydroxyl groups excluding tert-OH is 1. The van der Waals surface area contributed by atoms with E-state index in [0.29, 0.717) is 31.6 Å². The van der Waals surface area contributed by atoms with Gasteiger partial charge in [0, 0.05) is 25.7 Å². The number of ether oxygens (including phenoxy) is 4. The van der Waals surface area contributed by atoms with E-state index in [4.69, 9.17) is 37.0 Å². The van der Waals surface area contributed by atoms with Crippen LogP contribution in [0, 0.1) is 11.8 Å². The van der Waals surface area contributed by atoms with Gasteiger partial charge < -0.3 is 33.8 Å². The molecule has 82 heavy (non-hydrogen) atoms. The molecule has 0 aromatic heterocycles. The lowest BCUT2D eigenvalue weighted by Gasteiger charge is -2.21. The summed E-state index contributed by atoms with van der Waals surface area (Å²) >= 11 is 0. The summed E-state index contributed by atoms with van der Waals surface area (Å²) in [5.41, 5.74) is 0. The molecule has 0 fully saturated rings. The molecule has 0 bridgehead atoms. The van der Waals surface area contributed by atoms with E-state index in [2.05, 4.69) is 41.5 Å². The fraction of sp³-hybridized carbons (Fsp3) is 0.937. The van der Waals surface area contributed by atoms with Crippen molar-refractivity contribution < 1.29 is 80.2 Å². The summed E-state index contributed by atoms with van der Waals surface area (Å²) in [7, 11) is -9.88.